The van der Waals surface area contributed by atoms with Gasteiger partial charge < -0.3 is 23.7 Å². The molecule has 176 valence electrons. The first-order chi connectivity index (χ1) is 16.1. The minimum absolute atomic E-state index is 0.118. The number of aldehydes is 1. The number of rotatable bonds is 10. The summed E-state index contributed by atoms with van der Waals surface area (Å²) in [7, 11) is 1.62. The van der Waals surface area contributed by atoms with Gasteiger partial charge in [-0.25, -0.2) is 4.39 Å². The van der Waals surface area contributed by atoms with E-state index in [1.165, 1.54) is 12.1 Å². The molecule has 1 unspecified atom stereocenters. The second kappa shape index (κ2) is 10.8. The number of ether oxygens (including phenoxy) is 2. The van der Waals surface area contributed by atoms with E-state index >= 15 is 0 Å². The number of hydrogen-bond acceptors (Lipinski definition) is 6. The molecular weight excluding hydrogens is 423 g/mol. The van der Waals surface area contributed by atoms with E-state index in [0.29, 0.717) is 29.6 Å². The van der Waals surface area contributed by atoms with Crippen molar-refractivity contribution < 1.29 is 23.2 Å². The number of methoxy groups -OCH3 is 1. The van der Waals surface area contributed by atoms with Gasteiger partial charge >= 0.3 is 0 Å². The van der Waals surface area contributed by atoms with Crippen LogP contribution in [0.15, 0.2) is 40.9 Å². The maximum absolute atomic E-state index is 13.4. The van der Waals surface area contributed by atoms with Gasteiger partial charge in [0.25, 0.3) is 0 Å². The van der Waals surface area contributed by atoms with Gasteiger partial charge in [0.15, 0.2) is 17.1 Å². The molecule has 1 atom stereocenters. The SMILES string of the molecule is CCC(C=O)c1ccc(OCCCN2CCC(c3noc4cc(F)ccc34)CC2)c(OC)c1. The Morgan fingerprint density at radius 2 is 2.03 bits per heavy atom. The second-order valence-corrected chi connectivity index (χ2v) is 8.59. The van der Waals surface area contributed by atoms with Crippen molar-refractivity contribution in [2.75, 3.05) is 33.4 Å². The maximum Gasteiger partial charge on any atom is 0.170 e. The number of piperidine rings is 1. The number of halogens is 1. The van der Waals surface area contributed by atoms with Crippen molar-refractivity contribution in [2.45, 2.75) is 44.4 Å². The molecule has 2 aromatic carbocycles. The smallest absolute Gasteiger partial charge is 0.170 e. The first-order valence-corrected chi connectivity index (χ1v) is 11.7. The van der Waals surface area contributed by atoms with Crippen LogP contribution in [0.5, 0.6) is 11.5 Å². The number of carbonyl (C=O) groups excluding carboxylic acids is 1. The van der Waals surface area contributed by atoms with Crippen LogP contribution >= 0.6 is 0 Å². The zero-order chi connectivity index (χ0) is 23.2. The standard InChI is InChI=1S/C26H31FN2O4/c1-3-18(17-30)20-5-8-23(25(15-20)31-2)32-14-4-11-29-12-9-19(10-13-29)26-22-7-6-21(27)16-24(22)33-28-26/h5-8,15-19H,3-4,9-14H2,1-2H3. The minimum Gasteiger partial charge on any atom is -0.493 e. The van der Waals surface area contributed by atoms with Crippen LogP contribution < -0.4 is 9.47 Å². The number of aromatic nitrogens is 1. The van der Waals surface area contributed by atoms with E-state index in [0.717, 1.165) is 68.2 Å². The molecule has 1 aliphatic rings. The molecule has 0 spiro atoms. The maximum atomic E-state index is 13.4. The lowest BCUT2D eigenvalue weighted by atomic mass is 9.91. The molecule has 4 rings (SSSR count). The van der Waals surface area contributed by atoms with Crippen LogP contribution in [0.2, 0.25) is 0 Å². The van der Waals surface area contributed by atoms with Crippen molar-refractivity contribution >= 4 is 17.3 Å². The monoisotopic (exact) mass is 454 g/mol. The third kappa shape index (κ3) is 5.36. The van der Waals surface area contributed by atoms with E-state index in [1.54, 1.807) is 13.2 Å². The van der Waals surface area contributed by atoms with Crippen molar-refractivity contribution in [2.24, 2.45) is 0 Å². The lowest BCUT2D eigenvalue weighted by molar-refractivity contribution is -0.109. The Balaban J connectivity index is 1.24. The lowest BCUT2D eigenvalue weighted by Crippen LogP contribution is -2.34. The topological polar surface area (TPSA) is 64.8 Å². The van der Waals surface area contributed by atoms with Gasteiger partial charge in [-0.3, -0.25) is 0 Å². The fourth-order valence-electron chi connectivity index (χ4n) is 4.57. The van der Waals surface area contributed by atoms with E-state index in [2.05, 4.69) is 10.1 Å². The molecule has 1 aliphatic heterocycles. The number of fused-ring (bicyclic) bond motifs is 1. The number of carbonyl (C=O) groups is 1. The molecule has 33 heavy (non-hydrogen) atoms. The Hall–Kier alpha value is -2.93. The Labute approximate surface area is 193 Å². The summed E-state index contributed by atoms with van der Waals surface area (Å²) in [6.07, 6.45) is 4.65. The van der Waals surface area contributed by atoms with Crippen LogP contribution in [0.4, 0.5) is 4.39 Å². The number of benzene rings is 2. The van der Waals surface area contributed by atoms with E-state index < -0.39 is 0 Å². The highest BCUT2D eigenvalue weighted by molar-refractivity contribution is 5.79. The van der Waals surface area contributed by atoms with Gasteiger partial charge in [-0.15, -0.1) is 0 Å². The van der Waals surface area contributed by atoms with E-state index in [9.17, 15) is 9.18 Å². The van der Waals surface area contributed by atoms with Crippen LogP contribution in [0.25, 0.3) is 11.0 Å². The van der Waals surface area contributed by atoms with Crippen molar-refractivity contribution in [3.63, 3.8) is 0 Å². The van der Waals surface area contributed by atoms with Crippen LogP contribution in [0, 0.1) is 5.82 Å². The van der Waals surface area contributed by atoms with Crippen LogP contribution in [-0.2, 0) is 4.79 Å². The average molecular weight is 455 g/mol. The molecule has 0 radical (unpaired) electrons. The van der Waals surface area contributed by atoms with E-state index in [1.807, 2.05) is 25.1 Å². The molecule has 0 saturated carbocycles. The summed E-state index contributed by atoms with van der Waals surface area (Å²) in [5.74, 6) is 1.28. The molecule has 1 aromatic heterocycles. The molecule has 0 aliphatic carbocycles. The fraction of sp³-hybridized carbons (Fsp3) is 0.462. The number of likely N-dealkylation sites (tertiary alicyclic amines) is 1. The molecule has 3 aromatic rings. The summed E-state index contributed by atoms with van der Waals surface area (Å²) >= 11 is 0. The first-order valence-electron chi connectivity index (χ1n) is 11.7. The Kier molecular flexibility index (Phi) is 7.60. The van der Waals surface area contributed by atoms with Crippen LogP contribution in [-0.4, -0.2) is 49.7 Å². The van der Waals surface area contributed by atoms with Crippen molar-refractivity contribution in [3.05, 3.63) is 53.5 Å². The van der Waals surface area contributed by atoms with Crippen molar-refractivity contribution in [1.29, 1.82) is 0 Å². The summed E-state index contributed by atoms with van der Waals surface area (Å²) in [5, 5.41) is 5.15. The quantitative estimate of drug-likeness (QED) is 0.305. The van der Waals surface area contributed by atoms with Crippen molar-refractivity contribution in [3.8, 4) is 11.5 Å². The summed E-state index contributed by atoms with van der Waals surface area (Å²) < 4.78 is 30.2. The number of hydrogen-bond donors (Lipinski definition) is 0. The minimum atomic E-state index is -0.304. The summed E-state index contributed by atoms with van der Waals surface area (Å²) in [5.41, 5.74) is 2.41. The average Bonchev–Trinajstić information content (AvgIpc) is 3.26. The van der Waals surface area contributed by atoms with Gasteiger partial charge in [0.2, 0.25) is 0 Å². The highest BCUT2D eigenvalue weighted by Crippen LogP contribution is 2.33. The summed E-state index contributed by atoms with van der Waals surface area (Å²) in [4.78, 5) is 13.7. The first kappa shape index (κ1) is 23.2. The van der Waals surface area contributed by atoms with Gasteiger partial charge in [0.1, 0.15) is 12.1 Å². The molecule has 0 bridgehead atoms. The molecule has 1 saturated heterocycles. The summed E-state index contributed by atoms with van der Waals surface area (Å²) in [6.45, 7) is 5.53. The Morgan fingerprint density at radius 1 is 1.21 bits per heavy atom. The molecule has 7 heteroatoms. The van der Waals surface area contributed by atoms with Crippen LogP contribution in [0.3, 0.4) is 0 Å². The molecule has 6 nitrogen and oxygen atoms in total. The predicted molar refractivity (Wildman–Crippen MR) is 125 cm³/mol. The molecule has 0 N–H and O–H groups in total. The molecular formula is C26H31FN2O4. The largest absolute Gasteiger partial charge is 0.493 e. The van der Waals surface area contributed by atoms with E-state index in [-0.39, 0.29) is 11.7 Å². The Morgan fingerprint density at radius 3 is 2.76 bits per heavy atom. The molecule has 0 amide bonds. The van der Waals surface area contributed by atoms with Gasteiger partial charge in [0.05, 0.1) is 19.4 Å². The summed E-state index contributed by atoms with van der Waals surface area (Å²) in [6, 6.07) is 10.3. The van der Waals surface area contributed by atoms with Gasteiger partial charge in [0, 0.05) is 29.8 Å². The lowest BCUT2D eigenvalue weighted by Gasteiger charge is -2.31. The zero-order valence-corrected chi connectivity index (χ0v) is 19.3. The third-order valence-electron chi connectivity index (χ3n) is 6.53. The highest BCUT2D eigenvalue weighted by atomic mass is 19.1. The number of nitrogens with zero attached hydrogens (tertiary/aromatic N) is 2. The predicted octanol–water partition coefficient (Wildman–Crippen LogP) is 5.32. The zero-order valence-electron chi connectivity index (χ0n) is 19.3. The fourth-order valence-corrected chi connectivity index (χ4v) is 4.57. The van der Waals surface area contributed by atoms with Gasteiger partial charge in [-0.05, 0) is 68.6 Å². The normalized spacial score (nSPS) is 16.1. The van der Waals surface area contributed by atoms with Crippen LogP contribution in [0.1, 0.15) is 55.7 Å². The second-order valence-electron chi connectivity index (χ2n) is 8.59. The van der Waals surface area contributed by atoms with Crippen molar-refractivity contribution in [1.82, 2.24) is 10.1 Å². The molecule has 2 heterocycles. The molecule has 1 fully saturated rings. The van der Waals surface area contributed by atoms with Gasteiger partial charge in [-0.1, -0.05) is 18.1 Å². The third-order valence-corrected chi connectivity index (χ3v) is 6.53. The van der Waals surface area contributed by atoms with E-state index in [4.69, 9.17) is 14.0 Å². The van der Waals surface area contributed by atoms with Gasteiger partial charge in [-0.2, -0.15) is 0 Å². The highest BCUT2D eigenvalue weighted by Gasteiger charge is 2.25. The Bertz CT molecular complexity index is 1080.